The molecule has 33 heavy (non-hydrogen) atoms. The molecule has 2 saturated carbocycles. The van der Waals surface area contributed by atoms with Crippen molar-refractivity contribution in [1.29, 1.82) is 0 Å². The summed E-state index contributed by atoms with van der Waals surface area (Å²) in [6.45, 7) is 7.72. The van der Waals surface area contributed by atoms with E-state index in [0.29, 0.717) is 23.3 Å². The number of anilines is 1. The highest BCUT2D eigenvalue weighted by Gasteiger charge is 2.58. The van der Waals surface area contributed by atoms with Crippen LogP contribution < -0.4 is 11.1 Å². The van der Waals surface area contributed by atoms with Crippen LogP contribution in [-0.4, -0.2) is 75.1 Å². The van der Waals surface area contributed by atoms with Gasteiger partial charge < -0.3 is 30.0 Å². The number of ether oxygens (including phenoxy) is 2. The molecule has 4 unspecified atom stereocenters. The normalized spacial score (nSPS) is 29.0. The molecule has 0 radical (unpaired) electrons. The number of imidazole rings is 1. The molecule has 3 fully saturated rings. The molecule has 2 aromatic heterocycles. The van der Waals surface area contributed by atoms with Crippen LogP contribution in [0.2, 0.25) is 0 Å². The smallest absolute Gasteiger partial charge is 0.169 e. The maximum atomic E-state index is 6.84. The largest absolute Gasteiger partial charge is 0.382 e. The highest BCUT2D eigenvalue weighted by Crippen LogP contribution is 2.51. The predicted octanol–water partition coefficient (Wildman–Crippen LogP) is 2.73. The topological polar surface area (TPSA) is 103 Å². The Balaban J connectivity index is 1.43. The minimum Gasteiger partial charge on any atom is -0.382 e. The zero-order chi connectivity index (χ0) is 23.0. The zero-order valence-electron chi connectivity index (χ0n) is 20.2. The van der Waals surface area contributed by atoms with Gasteiger partial charge in [0.2, 0.25) is 0 Å². The average Bonchev–Trinajstić information content (AvgIpc) is 3.47. The first-order valence-corrected chi connectivity index (χ1v) is 12.7. The number of fused-ring (bicyclic) bond motifs is 2. The fourth-order valence-corrected chi connectivity index (χ4v) is 6.11. The second-order valence-corrected chi connectivity index (χ2v) is 10.3. The zero-order valence-corrected chi connectivity index (χ0v) is 20.2. The van der Waals surface area contributed by atoms with Crippen molar-refractivity contribution in [3.8, 4) is 0 Å². The lowest BCUT2D eigenvalue weighted by Gasteiger charge is -2.35. The summed E-state index contributed by atoms with van der Waals surface area (Å²) in [5, 5.41) is 3.27. The van der Waals surface area contributed by atoms with Crippen LogP contribution in [0.4, 0.5) is 5.82 Å². The third-order valence-corrected chi connectivity index (χ3v) is 7.84. The Hall–Kier alpha value is -1.81. The van der Waals surface area contributed by atoms with E-state index in [1.54, 1.807) is 0 Å². The highest BCUT2D eigenvalue weighted by molar-refractivity contribution is 5.81. The molecule has 182 valence electrons. The SMILES string of the molecule is CNCCCN(CC1CC(n2cnc3c(N)ncnc32)C2OC3(CCCCC3)OC12)C(C)C. The van der Waals surface area contributed by atoms with Crippen LogP contribution in [0.5, 0.6) is 0 Å². The molecule has 3 heterocycles. The summed E-state index contributed by atoms with van der Waals surface area (Å²) in [7, 11) is 2.02. The van der Waals surface area contributed by atoms with Gasteiger partial charge in [0, 0.05) is 31.3 Å². The van der Waals surface area contributed by atoms with Gasteiger partial charge in [-0.15, -0.1) is 0 Å². The van der Waals surface area contributed by atoms with Crippen LogP contribution in [0, 0.1) is 5.92 Å². The van der Waals surface area contributed by atoms with Crippen LogP contribution in [0.15, 0.2) is 12.7 Å². The van der Waals surface area contributed by atoms with Crippen molar-refractivity contribution in [3.63, 3.8) is 0 Å². The third-order valence-electron chi connectivity index (χ3n) is 7.84. The molecule has 2 aliphatic carbocycles. The van der Waals surface area contributed by atoms with Crippen molar-refractivity contribution in [2.75, 3.05) is 32.4 Å². The molecule has 0 bridgehead atoms. The van der Waals surface area contributed by atoms with Gasteiger partial charge >= 0.3 is 0 Å². The van der Waals surface area contributed by atoms with Crippen molar-refractivity contribution >= 4 is 17.0 Å². The van der Waals surface area contributed by atoms with Gasteiger partial charge in [-0.05, 0) is 59.7 Å². The molecular formula is C24H39N7O2. The molecule has 3 aliphatic rings. The summed E-state index contributed by atoms with van der Waals surface area (Å²) < 4.78 is 15.8. The molecule has 1 spiro atoms. The summed E-state index contributed by atoms with van der Waals surface area (Å²) in [6, 6.07) is 0.624. The maximum absolute atomic E-state index is 6.84. The lowest BCUT2D eigenvalue weighted by molar-refractivity contribution is -0.205. The van der Waals surface area contributed by atoms with Gasteiger partial charge in [-0.2, -0.15) is 0 Å². The second-order valence-electron chi connectivity index (χ2n) is 10.3. The Labute approximate surface area is 196 Å². The molecule has 4 atom stereocenters. The van der Waals surface area contributed by atoms with Gasteiger partial charge in [0.1, 0.15) is 17.9 Å². The molecule has 2 aromatic rings. The monoisotopic (exact) mass is 457 g/mol. The Bertz CT molecular complexity index is 942. The van der Waals surface area contributed by atoms with Gasteiger partial charge in [-0.3, -0.25) is 0 Å². The van der Waals surface area contributed by atoms with Crippen LogP contribution >= 0.6 is 0 Å². The van der Waals surface area contributed by atoms with Crippen molar-refractivity contribution < 1.29 is 9.47 Å². The van der Waals surface area contributed by atoms with E-state index in [4.69, 9.17) is 15.2 Å². The van der Waals surface area contributed by atoms with E-state index < -0.39 is 5.79 Å². The van der Waals surface area contributed by atoms with Crippen molar-refractivity contribution in [2.24, 2.45) is 5.92 Å². The van der Waals surface area contributed by atoms with E-state index in [-0.39, 0.29) is 18.2 Å². The standard InChI is InChI=1S/C24H39N7O2/c1-16(2)30(11-7-10-26-3)13-17-12-18(31-15-29-19-22(25)27-14-28-23(19)31)21-20(17)32-24(33-21)8-5-4-6-9-24/h14-18,20-21,26H,4-13H2,1-3H3,(H2,25,27,28). The lowest BCUT2D eigenvalue weighted by Crippen LogP contribution is -2.41. The van der Waals surface area contributed by atoms with Gasteiger partial charge in [-0.1, -0.05) is 6.42 Å². The number of hydrogen-bond acceptors (Lipinski definition) is 8. The summed E-state index contributed by atoms with van der Waals surface area (Å²) in [6.07, 6.45) is 11.2. The molecule has 1 saturated heterocycles. The van der Waals surface area contributed by atoms with Crippen LogP contribution in [0.3, 0.4) is 0 Å². The van der Waals surface area contributed by atoms with Gasteiger partial charge in [0.05, 0.1) is 18.5 Å². The second kappa shape index (κ2) is 9.44. The molecule has 0 amide bonds. The van der Waals surface area contributed by atoms with E-state index in [0.717, 1.165) is 51.0 Å². The van der Waals surface area contributed by atoms with Gasteiger partial charge in [0.15, 0.2) is 17.3 Å². The molecule has 9 heteroatoms. The number of nitrogens with one attached hydrogen (secondary N) is 1. The first-order chi connectivity index (χ1) is 16.0. The minimum atomic E-state index is -0.413. The van der Waals surface area contributed by atoms with E-state index in [2.05, 4.69) is 43.6 Å². The Morgan fingerprint density at radius 3 is 2.73 bits per heavy atom. The fourth-order valence-electron chi connectivity index (χ4n) is 6.11. The van der Waals surface area contributed by atoms with E-state index in [9.17, 15) is 0 Å². The van der Waals surface area contributed by atoms with Crippen LogP contribution in [-0.2, 0) is 9.47 Å². The molecular weight excluding hydrogens is 418 g/mol. The summed E-state index contributed by atoms with van der Waals surface area (Å²) >= 11 is 0. The lowest BCUT2D eigenvalue weighted by atomic mass is 9.94. The number of nitrogens with two attached hydrogens (primary N) is 1. The molecule has 9 nitrogen and oxygen atoms in total. The summed E-state index contributed by atoms with van der Waals surface area (Å²) in [4.78, 5) is 15.8. The number of nitrogen functional groups attached to an aromatic ring is 1. The van der Waals surface area contributed by atoms with Crippen LogP contribution in [0.1, 0.15) is 64.8 Å². The number of nitrogens with zero attached hydrogens (tertiary/aromatic N) is 5. The highest BCUT2D eigenvalue weighted by atomic mass is 16.8. The molecule has 5 rings (SSSR count). The Kier molecular flexibility index (Phi) is 6.57. The Morgan fingerprint density at radius 1 is 1.18 bits per heavy atom. The maximum Gasteiger partial charge on any atom is 0.169 e. The predicted molar refractivity (Wildman–Crippen MR) is 128 cm³/mol. The number of aromatic nitrogens is 4. The van der Waals surface area contributed by atoms with Crippen LogP contribution in [0.25, 0.3) is 11.2 Å². The number of rotatable bonds is 8. The molecule has 0 aromatic carbocycles. The van der Waals surface area contributed by atoms with Gasteiger partial charge in [0.25, 0.3) is 0 Å². The van der Waals surface area contributed by atoms with Crippen molar-refractivity contribution in [2.45, 2.75) is 88.9 Å². The van der Waals surface area contributed by atoms with Crippen molar-refractivity contribution in [1.82, 2.24) is 29.7 Å². The first-order valence-electron chi connectivity index (χ1n) is 12.7. The number of hydrogen-bond donors (Lipinski definition) is 2. The average molecular weight is 458 g/mol. The minimum absolute atomic E-state index is 0.00742. The summed E-state index contributed by atoms with van der Waals surface area (Å²) in [5.41, 5.74) is 7.53. The fraction of sp³-hybridized carbons (Fsp3) is 0.792. The first kappa shape index (κ1) is 23.0. The van der Waals surface area contributed by atoms with E-state index in [1.807, 2.05) is 13.4 Å². The molecule has 3 N–H and O–H groups in total. The van der Waals surface area contributed by atoms with E-state index in [1.165, 1.54) is 25.6 Å². The van der Waals surface area contributed by atoms with Crippen molar-refractivity contribution in [3.05, 3.63) is 12.7 Å². The van der Waals surface area contributed by atoms with Gasteiger partial charge in [-0.25, -0.2) is 15.0 Å². The summed E-state index contributed by atoms with van der Waals surface area (Å²) in [5.74, 6) is 0.409. The third kappa shape index (κ3) is 4.36. The van der Waals surface area contributed by atoms with E-state index >= 15 is 0 Å². The Morgan fingerprint density at radius 2 is 1.97 bits per heavy atom. The quantitative estimate of drug-likeness (QED) is 0.583. The molecule has 1 aliphatic heterocycles.